The van der Waals surface area contributed by atoms with Gasteiger partial charge in [0.25, 0.3) is 11.8 Å². The summed E-state index contributed by atoms with van der Waals surface area (Å²) in [6.07, 6.45) is 4.34. The number of aromatic carboxylic acids is 2. The molecule has 0 saturated heterocycles. The number of aromatic nitrogens is 7. The largest absolute Gasteiger partial charge is 0.476 e. The lowest BCUT2D eigenvalue weighted by atomic mass is 10.1. The molecule has 6 rings (SSSR count). The van der Waals surface area contributed by atoms with Crippen molar-refractivity contribution in [3.63, 3.8) is 0 Å². The van der Waals surface area contributed by atoms with Gasteiger partial charge < -0.3 is 19.7 Å². The van der Waals surface area contributed by atoms with E-state index in [1.165, 1.54) is 18.2 Å². The number of hydrogen-bond acceptors (Lipinski definition) is 11. The fourth-order valence-electron chi connectivity index (χ4n) is 4.78. The van der Waals surface area contributed by atoms with Gasteiger partial charge in [0.15, 0.2) is 9.84 Å². The zero-order chi connectivity index (χ0) is 36.1. The fourth-order valence-corrected chi connectivity index (χ4v) is 5.93. The number of aryl methyl sites for hydroxylation is 1. The van der Waals surface area contributed by atoms with Gasteiger partial charge in [-0.2, -0.15) is 0 Å². The Hall–Kier alpha value is -7.30. The molecule has 3 heterocycles. The molecule has 16 heteroatoms. The average molecular weight is 702 g/mol. The molecule has 0 spiro atoms. The highest BCUT2D eigenvalue weighted by molar-refractivity contribution is 7.90. The second-order valence-electron chi connectivity index (χ2n) is 10.7. The number of aromatic amines is 1. The third-order valence-corrected chi connectivity index (χ3v) is 8.20. The number of carbonyl (C=O) groups is 2. The van der Waals surface area contributed by atoms with E-state index in [0.29, 0.717) is 22.4 Å². The van der Waals surface area contributed by atoms with Crippen molar-refractivity contribution in [3.05, 3.63) is 124 Å². The van der Waals surface area contributed by atoms with Gasteiger partial charge >= 0.3 is 11.9 Å². The van der Waals surface area contributed by atoms with Crippen LogP contribution in [0.4, 0.5) is 0 Å². The SMILES string of the molecule is Cc1cc(Oc2nn[nH]c2C(=O)O)cc(C#Cc2cccc(-n3nnc(Oc4ccc(C#Cc5cccnc5)cc4)c3C(=O)O)c2)c1S(C)(=O)=O. The topological polar surface area (TPSA) is 212 Å². The molecule has 3 aromatic heterocycles. The molecule has 0 bridgehead atoms. The first-order valence-electron chi connectivity index (χ1n) is 14.6. The maximum atomic E-state index is 12.7. The Morgan fingerprint density at radius 3 is 2.24 bits per heavy atom. The predicted octanol–water partition coefficient (Wildman–Crippen LogP) is 4.27. The highest BCUT2D eigenvalue weighted by Crippen LogP contribution is 2.30. The van der Waals surface area contributed by atoms with E-state index in [2.05, 4.69) is 54.4 Å². The minimum atomic E-state index is -3.77. The molecule has 0 aliphatic carbocycles. The van der Waals surface area contributed by atoms with Gasteiger partial charge in [-0.15, -0.1) is 0 Å². The second kappa shape index (κ2) is 14.0. The van der Waals surface area contributed by atoms with Gasteiger partial charge in [0.05, 0.1) is 10.6 Å². The molecule has 51 heavy (non-hydrogen) atoms. The first-order valence-corrected chi connectivity index (χ1v) is 16.5. The number of ether oxygens (including phenoxy) is 2. The van der Waals surface area contributed by atoms with Crippen LogP contribution in [0.25, 0.3) is 5.69 Å². The number of H-pyrrole nitrogens is 1. The molecular formula is C35H23N7O8S. The number of hydrogen-bond donors (Lipinski definition) is 3. The maximum Gasteiger partial charge on any atom is 0.360 e. The standard InChI is InChI=1S/C35H23N7O8S/c1-21-17-28(50-32-29(34(43)44)37-40-38-32)19-25(31(21)51(2,47)48)13-10-23-5-3-7-26(18-23)42-30(35(45)46)33(39-41-42)49-27-14-11-22(12-15-27)8-9-24-6-4-16-36-20-24/h3-7,11-12,14-20H,1-2H3,(H,43,44)(H,45,46)(H,37,38,40). The molecule has 0 unspecified atom stereocenters. The Balaban J connectivity index is 1.28. The molecule has 3 N–H and O–H groups in total. The van der Waals surface area contributed by atoms with Crippen LogP contribution in [0.5, 0.6) is 23.3 Å². The predicted molar refractivity (Wildman–Crippen MR) is 179 cm³/mol. The van der Waals surface area contributed by atoms with Gasteiger partial charge in [0.2, 0.25) is 11.4 Å². The summed E-state index contributed by atoms with van der Waals surface area (Å²) < 4.78 is 37.9. The quantitative estimate of drug-likeness (QED) is 0.189. The summed E-state index contributed by atoms with van der Waals surface area (Å²) >= 11 is 0. The lowest BCUT2D eigenvalue weighted by molar-refractivity contribution is 0.0674. The molecule has 252 valence electrons. The Labute approximate surface area is 289 Å². The van der Waals surface area contributed by atoms with Crippen LogP contribution in [0.1, 0.15) is 48.8 Å². The van der Waals surface area contributed by atoms with Crippen LogP contribution in [0.15, 0.2) is 90.1 Å². The lowest BCUT2D eigenvalue weighted by Crippen LogP contribution is -2.09. The van der Waals surface area contributed by atoms with Gasteiger partial charge in [-0.05, 0) is 79.2 Å². The van der Waals surface area contributed by atoms with E-state index in [0.717, 1.165) is 16.5 Å². The molecule has 15 nitrogen and oxygen atoms in total. The van der Waals surface area contributed by atoms with Crippen molar-refractivity contribution in [2.24, 2.45) is 0 Å². The third kappa shape index (κ3) is 7.72. The Morgan fingerprint density at radius 2 is 1.53 bits per heavy atom. The molecule has 0 aliphatic rings. The van der Waals surface area contributed by atoms with Crippen LogP contribution < -0.4 is 9.47 Å². The van der Waals surface area contributed by atoms with E-state index in [9.17, 15) is 28.2 Å². The summed E-state index contributed by atoms with van der Waals surface area (Å²) in [6, 6.07) is 19.4. The number of nitrogens with one attached hydrogen (secondary N) is 1. The van der Waals surface area contributed by atoms with Crippen molar-refractivity contribution in [3.8, 4) is 52.6 Å². The van der Waals surface area contributed by atoms with E-state index in [1.807, 2.05) is 6.07 Å². The van der Waals surface area contributed by atoms with E-state index in [-0.39, 0.29) is 39.3 Å². The molecule has 0 saturated carbocycles. The van der Waals surface area contributed by atoms with Gasteiger partial charge in [-0.1, -0.05) is 50.4 Å². The fraction of sp³-hybridized carbons (Fsp3) is 0.0571. The highest BCUT2D eigenvalue weighted by Gasteiger charge is 2.24. The van der Waals surface area contributed by atoms with Crippen molar-refractivity contribution < 1.29 is 37.7 Å². The van der Waals surface area contributed by atoms with Crippen molar-refractivity contribution in [2.45, 2.75) is 11.8 Å². The molecule has 0 radical (unpaired) electrons. The van der Waals surface area contributed by atoms with Gasteiger partial charge in [-0.3, -0.25) is 4.98 Å². The van der Waals surface area contributed by atoms with Crippen molar-refractivity contribution in [1.29, 1.82) is 0 Å². The van der Waals surface area contributed by atoms with Crippen molar-refractivity contribution in [2.75, 3.05) is 6.26 Å². The van der Waals surface area contributed by atoms with Crippen LogP contribution in [0.3, 0.4) is 0 Å². The Kier molecular flexibility index (Phi) is 9.25. The van der Waals surface area contributed by atoms with E-state index in [4.69, 9.17) is 9.47 Å². The summed E-state index contributed by atoms with van der Waals surface area (Å²) in [5, 5.41) is 36.6. The average Bonchev–Trinajstić information content (AvgIpc) is 3.74. The summed E-state index contributed by atoms with van der Waals surface area (Å²) in [6.45, 7) is 1.54. The molecule has 0 aliphatic heterocycles. The van der Waals surface area contributed by atoms with Crippen LogP contribution in [0.2, 0.25) is 0 Å². The van der Waals surface area contributed by atoms with Gasteiger partial charge in [0, 0.05) is 40.9 Å². The van der Waals surface area contributed by atoms with Crippen LogP contribution >= 0.6 is 0 Å². The molecule has 3 aromatic carbocycles. The van der Waals surface area contributed by atoms with Crippen molar-refractivity contribution >= 4 is 21.8 Å². The third-order valence-electron chi connectivity index (χ3n) is 6.92. The van der Waals surface area contributed by atoms with E-state index < -0.39 is 27.5 Å². The lowest BCUT2D eigenvalue weighted by Gasteiger charge is -2.10. The number of rotatable bonds is 8. The van der Waals surface area contributed by atoms with Crippen LogP contribution in [-0.2, 0) is 9.84 Å². The van der Waals surface area contributed by atoms with Crippen LogP contribution in [0, 0.1) is 30.6 Å². The van der Waals surface area contributed by atoms with Gasteiger partial charge in [0.1, 0.15) is 11.5 Å². The summed E-state index contributed by atoms with van der Waals surface area (Å²) in [7, 11) is -3.77. The summed E-state index contributed by atoms with van der Waals surface area (Å²) in [4.78, 5) is 27.8. The van der Waals surface area contributed by atoms with Crippen molar-refractivity contribution in [1.82, 2.24) is 35.4 Å². The Morgan fingerprint density at radius 1 is 0.804 bits per heavy atom. The molecule has 6 aromatic rings. The van der Waals surface area contributed by atoms with Crippen LogP contribution in [-0.4, -0.2) is 72.2 Å². The second-order valence-corrected chi connectivity index (χ2v) is 12.6. The minimum Gasteiger partial charge on any atom is -0.476 e. The maximum absolute atomic E-state index is 12.7. The normalized spacial score (nSPS) is 10.7. The number of nitrogens with zero attached hydrogens (tertiary/aromatic N) is 6. The molecule has 0 amide bonds. The minimum absolute atomic E-state index is 0.0584. The smallest absolute Gasteiger partial charge is 0.360 e. The monoisotopic (exact) mass is 701 g/mol. The zero-order valence-corrected chi connectivity index (χ0v) is 27.3. The molecular weight excluding hydrogens is 678 g/mol. The highest BCUT2D eigenvalue weighted by atomic mass is 32.2. The molecule has 0 atom stereocenters. The summed E-state index contributed by atoms with van der Waals surface area (Å²) in [5.74, 6) is 8.86. The number of pyridine rings is 1. The number of benzene rings is 3. The van der Waals surface area contributed by atoms with Gasteiger partial charge in [-0.25, -0.2) is 27.8 Å². The Bertz CT molecular complexity index is 2540. The molecule has 0 fully saturated rings. The number of sulfone groups is 1. The van der Waals surface area contributed by atoms with E-state index >= 15 is 0 Å². The summed E-state index contributed by atoms with van der Waals surface area (Å²) in [5.41, 5.74) is 1.72. The van der Waals surface area contributed by atoms with E-state index in [1.54, 1.807) is 67.8 Å². The first-order chi connectivity index (χ1) is 24.5. The number of carboxylic acid groups (broad SMARTS) is 2. The first kappa shape index (κ1) is 33.6. The zero-order valence-electron chi connectivity index (χ0n) is 26.5. The number of carboxylic acids is 2.